The quantitative estimate of drug-likeness (QED) is 0.297. The summed E-state index contributed by atoms with van der Waals surface area (Å²) in [5.41, 5.74) is 1.27. The number of alkyl halides is 3. The van der Waals surface area contributed by atoms with E-state index in [4.69, 9.17) is 0 Å². The average Bonchev–Trinajstić information content (AvgIpc) is 2.56. The van der Waals surface area contributed by atoms with Gasteiger partial charge in [0.15, 0.2) is 0 Å². The van der Waals surface area contributed by atoms with E-state index in [1.54, 1.807) is 0 Å². The van der Waals surface area contributed by atoms with Gasteiger partial charge in [-0.3, -0.25) is 0 Å². The first-order valence-corrected chi connectivity index (χ1v) is 12.1. The average molecular weight is 529 g/mol. The first-order chi connectivity index (χ1) is 11.5. The Morgan fingerprint density at radius 2 is 1.08 bits per heavy atom. The van der Waals surface area contributed by atoms with Crippen molar-refractivity contribution in [3.8, 4) is 0 Å². The Labute approximate surface area is 169 Å². The maximum absolute atomic E-state index is 3.93. The first kappa shape index (κ1) is 18.3. The number of benzene rings is 3. The second kappa shape index (κ2) is 7.41. The predicted octanol–water partition coefficient (Wildman–Crippen LogP) is 5.82. The molecule has 0 unspecified atom stereocenters. The van der Waals surface area contributed by atoms with Gasteiger partial charge < -0.3 is 0 Å². The van der Waals surface area contributed by atoms with Gasteiger partial charge in [-0.05, 0) is 0 Å². The van der Waals surface area contributed by atoms with E-state index in [-0.39, 0.29) is 0 Å². The van der Waals surface area contributed by atoms with Gasteiger partial charge >= 0.3 is 170 Å². The Balaban J connectivity index is 2.43. The Bertz CT molecular complexity index is 772. The topological polar surface area (TPSA) is 0 Å². The molecule has 3 aromatic rings. The molecule has 0 fully saturated rings. The van der Waals surface area contributed by atoms with E-state index in [2.05, 4.69) is 140 Å². The van der Waals surface area contributed by atoms with E-state index in [0.29, 0.717) is 0 Å². The van der Waals surface area contributed by atoms with Crippen LogP contribution in [0.2, 0.25) is 0 Å². The second-order valence-electron chi connectivity index (χ2n) is 5.85. The van der Waals surface area contributed by atoms with Crippen LogP contribution in [0.25, 0.3) is 0 Å². The summed E-state index contributed by atoms with van der Waals surface area (Å²) >= 11 is 11.8. The molecule has 4 heteroatoms. The molecule has 3 aromatic carbocycles. The molecule has 0 N–H and O–H groups in total. The van der Waals surface area contributed by atoms with Crippen LogP contribution >= 0.6 is 55.1 Å². The zero-order valence-corrected chi connectivity index (χ0v) is 19.0. The maximum atomic E-state index is 3.93. The fourth-order valence-corrected chi connectivity index (χ4v) is 13.6. The van der Waals surface area contributed by atoms with Gasteiger partial charge in [-0.25, -0.2) is 0 Å². The van der Waals surface area contributed by atoms with Gasteiger partial charge in [-0.1, -0.05) is 0 Å². The summed E-state index contributed by atoms with van der Waals surface area (Å²) in [4.78, 5) is 0. The van der Waals surface area contributed by atoms with E-state index in [9.17, 15) is 0 Å². The summed E-state index contributed by atoms with van der Waals surface area (Å²) < 4.78 is -0.406. The number of rotatable bonds is 3. The number of hydrogen-bond acceptors (Lipinski definition) is 0. The van der Waals surface area contributed by atoms with Crippen molar-refractivity contribution < 1.29 is 0 Å². The molecule has 0 aromatic heterocycles. The van der Waals surface area contributed by atoms with Gasteiger partial charge in [0.2, 0.25) is 0 Å². The summed E-state index contributed by atoms with van der Waals surface area (Å²) in [6, 6.07) is 30.4. The molecule has 0 saturated carbocycles. The van der Waals surface area contributed by atoms with Crippen molar-refractivity contribution >= 4 is 71.0 Å². The van der Waals surface area contributed by atoms with Gasteiger partial charge in [-0.2, -0.15) is 0 Å². The van der Waals surface area contributed by atoms with Crippen molar-refractivity contribution in [1.29, 1.82) is 0 Å². The molecule has 0 amide bonds. The van der Waals surface area contributed by atoms with E-state index in [0.717, 1.165) is 0 Å². The van der Waals surface area contributed by atoms with Crippen molar-refractivity contribution in [2.24, 2.45) is 0 Å². The molecule has 24 heavy (non-hydrogen) atoms. The summed E-state index contributed by atoms with van der Waals surface area (Å²) in [5.74, 6) is 0. The van der Waals surface area contributed by atoms with Crippen molar-refractivity contribution in [2.45, 2.75) is 8.81 Å². The molecule has 0 saturated heterocycles. The summed E-state index contributed by atoms with van der Waals surface area (Å²) in [6.45, 7) is 2.15. The zero-order chi connectivity index (χ0) is 17.2. The third kappa shape index (κ3) is 3.29. The van der Waals surface area contributed by atoms with Gasteiger partial charge in [-0.15, -0.1) is 0 Å². The minimum absolute atomic E-state index is 0.406. The van der Waals surface area contributed by atoms with Crippen molar-refractivity contribution in [3.63, 3.8) is 0 Å². The molecule has 0 radical (unpaired) electrons. The van der Waals surface area contributed by atoms with Crippen LogP contribution < -0.4 is 15.9 Å². The first-order valence-electron chi connectivity index (χ1n) is 7.71. The van der Waals surface area contributed by atoms with Gasteiger partial charge in [0.05, 0.1) is 0 Å². The van der Waals surface area contributed by atoms with Crippen LogP contribution in [0, 0.1) is 6.92 Å². The monoisotopic (exact) mass is 526 g/mol. The Morgan fingerprint density at radius 1 is 0.625 bits per heavy atom. The Hall–Kier alpha value is -0.470. The third-order valence-electron chi connectivity index (χ3n) is 4.29. The molecule has 0 spiro atoms. The van der Waals surface area contributed by atoms with Crippen LogP contribution in [0.15, 0.2) is 84.9 Å². The third-order valence-corrected chi connectivity index (χ3v) is 14.1. The number of halogens is 3. The van der Waals surface area contributed by atoms with Crippen LogP contribution in [-0.2, 0) is 0 Å². The Morgan fingerprint density at radius 3 is 1.50 bits per heavy atom. The fraction of sp³-hybridized carbons (Fsp3) is 0.100. The summed E-state index contributed by atoms with van der Waals surface area (Å²) in [6.07, 6.45) is 0. The number of hydrogen-bond donors (Lipinski definition) is 0. The summed E-state index contributed by atoms with van der Waals surface area (Å²) in [7, 11) is -2.41. The normalized spacial score (nSPS) is 12.8. The molecule has 0 aliphatic heterocycles. The van der Waals surface area contributed by atoms with Crippen LogP contribution in [0.5, 0.6) is 0 Å². The van der Waals surface area contributed by atoms with E-state index in [1.165, 1.54) is 21.5 Å². The van der Waals surface area contributed by atoms with Crippen molar-refractivity contribution in [2.75, 3.05) is 0 Å². The molecule has 0 aliphatic carbocycles. The van der Waals surface area contributed by atoms with Gasteiger partial charge in [0.1, 0.15) is 0 Å². The Kier molecular flexibility index (Phi) is 5.66. The summed E-state index contributed by atoms with van der Waals surface area (Å²) in [5, 5.41) is 4.03. The molecule has 124 valence electrons. The molecule has 0 heterocycles. The van der Waals surface area contributed by atoms with Gasteiger partial charge in [0.25, 0.3) is 0 Å². The molecule has 0 atom stereocenters. The standard InChI is InChI=1S/C20H18Br3P/c1-16-9-8-14-19(15-16)24(20(21,22)23,17-10-4-2-5-11-17)18-12-6-3-7-13-18/h2-15,24H,1H3. The molecule has 0 nitrogen and oxygen atoms in total. The number of aryl methyl sites for hydroxylation is 1. The fourth-order valence-electron chi connectivity index (χ4n) is 3.25. The second-order valence-corrected chi connectivity index (χ2v) is 18.8. The molecule has 3 rings (SSSR count). The van der Waals surface area contributed by atoms with E-state index >= 15 is 0 Å². The van der Waals surface area contributed by atoms with Crippen LogP contribution in [0.3, 0.4) is 0 Å². The van der Waals surface area contributed by atoms with Crippen LogP contribution in [0.4, 0.5) is 0 Å². The van der Waals surface area contributed by atoms with Gasteiger partial charge in [0, 0.05) is 0 Å². The molecular weight excluding hydrogens is 511 g/mol. The van der Waals surface area contributed by atoms with Crippen molar-refractivity contribution in [1.82, 2.24) is 0 Å². The molecule has 0 aliphatic rings. The SMILES string of the molecule is Cc1cccc([PH](c2ccccc2)(c2ccccc2)C(Br)(Br)Br)c1. The van der Waals surface area contributed by atoms with Crippen LogP contribution in [0.1, 0.15) is 5.56 Å². The zero-order valence-electron chi connectivity index (χ0n) is 13.2. The minimum atomic E-state index is -2.41. The predicted molar refractivity (Wildman–Crippen MR) is 121 cm³/mol. The van der Waals surface area contributed by atoms with E-state index < -0.39 is 9.15 Å². The van der Waals surface area contributed by atoms with Crippen molar-refractivity contribution in [3.05, 3.63) is 90.5 Å². The van der Waals surface area contributed by atoms with Crippen LogP contribution in [-0.4, -0.2) is 1.88 Å². The molecular formula is C20H18Br3P. The van der Waals surface area contributed by atoms with E-state index in [1.807, 2.05) is 0 Å². The molecule has 0 bridgehead atoms.